The molecule has 0 aromatic heterocycles. The topological polar surface area (TPSA) is 98.7 Å². The van der Waals surface area contributed by atoms with Gasteiger partial charge < -0.3 is 20.6 Å². The van der Waals surface area contributed by atoms with Crippen LogP contribution >= 0.6 is 0 Å². The first-order valence-electron chi connectivity index (χ1n) is 10.1. The summed E-state index contributed by atoms with van der Waals surface area (Å²) in [7, 11) is 1.58. The van der Waals surface area contributed by atoms with Crippen LogP contribution in [0.5, 0.6) is 0 Å². The van der Waals surface area contributed by atoms with Crippen LogP contribution < -0.4 is 10.6 Å². The molecule has 0 bridgehead atoms. The highest BCUT2D eigenvalue weighted by molar-refractivity contribution is 5.96. The van der Waals surface area contributed by atoms with E-state index in [2.05, 4.69) is 17.6 Å². The van der Waals surface area contributed by atoms with E-state index >= 15 is 0 Å². The lowest BCUT2D eigenvalue weighted by Gasteiger charge is -2.34. The molecule has 0 radical (unpaired) electrons. The number of nitrogens with zero attached hydrogens (tertiary/aromatic N) is 1. The number of amides is 3. The molecule has 0 aromatic rings. The number of aliphatic hydroxyl groups excluding tert-OH is 1. The summed E-state index contributed by atoms with van der Waals surface area (Å²) in [4.78, 5) is 40.1. The average molecular weight is 380 g/mol. The van der Waals surface area contributed by atoms with E-state index < -0.39 is 17.9 Å². The number of fused-ring (bicyclic) bond motifs is 1. The number of aliphatic hydroxyl groups is 1. The van der Waals surface area contributed by atoms with Crippen LogP contribution in [0.1, 0.15) is 39.5 Å². The van der Waals surface area contributed by atoms with Crippen molar-refractivity contribution in [2.75, 3.05) is 26.7 Å². The quantitative estimate of drug-likeness (QED) is 0.405. The number of hydrogen-bond donors (Lipinski definition) is 3. The van der Waals surface area contributed by atoms with Crippen LogP contribution in [0.3, 0.4) is 0 Å². The largest absolute Gasteiger partial charge is 0.395 e. The van der Waals surface area contributed by atoms with Gasteiger partial charge in [0.05, 0.1) is 18.4 Å². The Morgan fingerprint density at radius 2 is 1.93 bits per heavy atom. The molecule has 2 aliphatic rings. The number of unbranched alkanes of at least 4 members (excludes halogenated alkanes) is 1. The highest BCUT2D eigenvalue weighted by Crippen LogP contribution is 2.45. The van der Waals surface area contributed by atoms with E-state index in [0.717, 1.165) is 25.7 Å². The maximum Gasteiger partial charge on any atom is 0.243 e. The van der Waals surface area contributed by atoms with E-state index in [9.17, 15) is 19.5 Å². The third kappa shape index (κ3) is 4.34. The molecule has 1 fully saturated rings. The van der Waals surface area contributed by atoms with Crippen LogP contribution in [0.4, 0.5) is 0 Å². The van der Waals surface area contributed by atoms with Crippen molar-refractivity contribution in [3.05, 3.63) is 12.2 Å². The highest BCUT2D eigenvalue weighted by Gasteiger charge is 2.56. The molecule has 1 saturated heterocycles. The first-order valence-corrected chi connectivity index (χ1v) is 10.1. The monoisotopic (exact) mass is 379 g/mol. The van der Waals surface area contributed by atoms with Crippen LogP contribution in [0.25, 0.3) is 0 Å². The molecule has 1 aliphatic heterocycles. The molecule has 0 saturated carbocycles. The maximum atomic E-state index is 13.2. The Hall–Kier alpha value is -1.89. The van der Waals surface area contributed by atoms with Crippen LogP contribution in [0.15, 0.2) is 12.2 Å². The minimum absolute atomic E-state index is 0.0157. The Balaban J connectivity index is 2.35. The summed E-state index contributed by atoms with van der Waals surface area (Å²) in [6.07, 6.45) is 7.52. The van der Waals surface area contributed by atoms with E-state index in [1.54, 1.807) is 7.05 Å². The lowest BCUT2D eigenvalue weighted by molar-refractivity contribution is -0.141. The SMILES string of the molecule is CCCCNC(=O)[C@@H]1[C@H]2C=C[C@@H](CCC)[C@@H](C(=O)NC)[C@@H]2C(=O)N1CCO. The molecule has 7 heteroatoms. The second-order valence-electron chi connectivity index (χ2n) is 7.43. The van der Waals surface area contributed by atoms with Gasteiger partial charge in [0.1, 0.15) is 6.04 Å². The molecule has 1 aliphatic carbocycles. The lowest BCUT2D eigenvalue weighted by atomic mass is 9.68. The normalized spacial score (nSPS) is 29.6. The zero-order valence-electron chi connectivity index (χ0n) is 16.6. The van der Waals surface area contributed by atoms with Gasteiger partial charge >= 0.3 is 0 Å². The van der Waals surface area contributed by atoms with E-state index in [0.29, 0.717) is 6.54 Å². The number of β-amino-alcohol motifs (C(OH)–C–C–N with tert-alkyl or cyclic N) is 1. The third-order valence-corrected chi connectivity index (χ3v) is 5.72. The standard InChI is InChI=1S/C20H33N3O4/c1-4-6-10-22-19(26)17-14-9-8-13(7-5-2)15(18(25)21-3)16(14)20(27)23(17)11-12-24/h8-9,13-17,24H,4-7,10-12H2,1-3H3,(H,21,25)(H,22,26)/t13-,14+,15-,16-,17+/m1/s1. The summed E-state index contributed by atoms with van der Waals surface area (Å²) in [5.74, 6) is -1.96. The van der Waals surface area contributed by atoms with Crippen molar-refractivity contribution in [1.29, 1.82) is 0 Å². The number of nitrogens with one attached hydrogen (secondary N) is 2. The van der Waals surface area contributed by atoms with Crippen molar-refractivity contribution in [1.82, 2.24) is 15.5 Å². The molecule has 0 spiro atoms. The Bertz CT molecular complexity index is 578. The molecule has 0 aromatic carbocycles. The summed E-state index contributed by atoms with van der Waals surface area (Å²) in [5, 5.41) is 15.0. The van der Waals surface area contributed by atoms with Gasteiger partial charge in [-0.05, 0) is 18.8 Å². The van der Waals surface area contributed by atoms with E-state index in [1.807, 2.05) is 19.1 Å². The fraction of sp³-hybridized carbons (Fsp3) is 0.750. The predicted molar refractivity (Wildman–Crippen MR) is 103 cm³/mol. The Labute approximate surface area is 161 Å². The molecule has 27 heavy (non-hydrogen) atoms. The number of likely N-dealkylation sites (tertiary alicyclic amines) is 1. The molecule has 2 rings (SSSR count). The molecule has 3 amide bonds. The Morgan fingerprint density at radius 1 is 1.19 bits per heavy atom. The smallest absolute Gasteiger partial charge is 0.243 e. The first-order chi connectivity index (χ1) is 13.0. The van der Waals surface area contributed by atoms with Gasteiger partial charge in [0.15, 0.2) is 0 Å². The van der Waals surface area contributed by atoms with Crippen molar-refractivity contribution < 1.29 is 19.5 Å². The van der Waals surface area contributed by atoms with Gasteiger partial charge in [-0.3, -0.25) is 14.4 Å². The average Bonchev–Trinajstić information content (AvgIpc) is 2.94. The zero-order chi connectivity index (χ0) is 20.0. The minimum atomic E-state index is -0.669. The Morgan fingerprint density at radius 3 is 2.52 bits per heavy atom. The van der Waals surface area contributed by atoms with Crippen molar-refractivity contribution in [2.24, 2.45) is 23.7 Å². The zero-order valence-corrected chi connectivity index (χ0v) is 16.6. The molecule has 7 nitrogen and oxygen atoms in total. The summed E-state index contributed by atoms with van der Waals surface area (Å²) in [6, 6.07) is -0.669. The van der Waals surface area contributed by atoms with Gasteiger partial charge in [-0.2, -0.15) is 0 Å². The lowest BCUT2D eigenvalue weighted by Crippen LogP contribution is -2.48. The van der Waals surface area contributed by atoms with Gasteiger partial charge in [0.25, 0.3) is 0 Å². The third-order valence-electron chi connectivity index (χ3n) is 5.72. The fourth-order valence-corrected chi connectivity index (χ4v) is 4.47. The van der Waals surface area contributed by atoms with E-state index in [-0.39, 0.29) is 42.7 Å². The van der Waals surface area contributed by atoms with E-state index in [1.165, 1.54) is 4.90 Å². The second kappa shape index (κ2) is 9.88. The molecule has 1 heterocycles. The molecular weight excluding hydrogens is 346 g/mol. The number of allylic oxidation sites excluding steroid dienone is 1. The van der Waals surface area contributed by atoms with Crippen molar-refractivity contribution >= 4 is 17.7 Å². The van der Waals surface area contributed by atoms with Crippen LogP contribution in [-0.4, -0.2) is 60.5 Å². The molecule has 0 unspecified atom stereocenters. The predicted octanol–water partition coefficient (Wildman–Crippen LogP) is 0.687. The summed E-state index contributed by atoms with van der Waals surface area (Å²) in [5.41, 5.74) is 0. The summed E-state index contributed by atoms with van der Waals surface area (Å²) < 4.78 is 0. The van der Waals surface area contributed by atoms with Gasteiger partial charge in [0, 0.05) is 26.1 Å². The molecular formula is C20H33N3O4. The van der Waals surface area contributed by atoms with Crippen molar-refractivity contribution in [3.8, 4) is 0 Å². The summed E-state index contributed by atoms with van der Waals surface area (Å²) in [6.45, 7) is 4.55. The van der Waals surface area contributed by atoms with Gasteiger partial charge in [-0.1, -0.05) is 38.8 Å². The van der Waals surface area contributed by atoms with Crippen molar-refractivity contribution in [2.45, 2.75) is 45.6 Å². The first kappa shape index (κ1) is 21.4. The number of carbonyl (C=O) groups is 3. The number of carbonyl (C=O) groups excluding carboxylic acids is 3. The highest BCUT2D eigenvalue weighted by atomic mass is 16.3. The van der Waals surface area contributed by atoms with Gasteiger partial charge in [0.2, 0.25) is 17.7 Å². The molecule has 3 N–H and O–H groups in total. The minimum Gasteiger partial charge on any atom is -0.395 e. The second-order valence-corrected chi connectivity index (χ2v) is 7.43. The van der Waals surface area contributed by atoms with Crippen molar-refractivity contribution in [3.63, 3.8) is 0 Å². The van der Waals surface area contributed by atoms with Gasteiger partial charge in [-0.25, -0.2) is 0 Å². The fourth-order valence-electron chi connectivity index (χ4n) is 4.47. The van der Waals surface area contributed by atoms with E-state index in [4.69, 9.17) is 0 Å². The summed E-state index contributed by atoms with van der Waals surface area (Å²) >= 11 is 0. The number of hydrogen-bond acceptors (Lipinski definition) is 4. The maximum absolute atomic E-state index is 13.2. The number of rotatable bonds is 9. The van der Waals surface area contributed by atoms with Crippen LogP contribution in [0.2, 0.25) is 0 Å². The van der Waals surface area contributed by atoms with Crippen LogP contribution in [-0.2, 0) is 14.4 Å². The van der Waals surface area contributed by atoms with Crippen LogP contribution in [0, 0.1) is 23.7 Å². The molecule has 5 atom stereocenters. The van der Waals surface area contributed by atoms with Gasteiger partial charge in [-0.15, -0.1) is 0 Å². The molecule has 152 valence electrons. The Kier molecular flexibility index (Phi) is 7.83.